The summed E-state index contributed by atoms with van der Waals surface area (Å²) in [5.74, 6) is -1.28. The molecule has 1 fully saturated rings. The number of carboxylic acid groups (broad SMARTS) is 1. The number of carbonyl (C=O) groups is 2. The smallest absolute Gasteiger partial charge is 0.329 e. The Morgan fingerprint density at radius 1 is 1.19 bits per heavy atom. The number of hydrogen-bond donors (Lipinski definition) is 2. The zero-order chi connectivity index (χ0) is 15.3. The molecule has 112 valence electrons. The van der Waals surface area contributed by atoms with E-state index in [1.807, 2.05) is 31.2 Å². The molecular weight excluding hydrogens is 266 g/mol. The lowest BCUT2D eigenvalue weighted by Crippen LogP contribution is -2.55. The Morgan fingerprint density at radius 3 is 2.48 bits per heavy atom. The maximum atomic E-state index is 12.0. The third-order valence-corrected chi connectivity index (χ3v) is 4.08. The van der Waals surface area contributed by atoms with Gasteiger partial charge in [0, 0.05) is 6.08 Å². The predicted octanol–water partition coefficient (Wildman–Crippen LogP) is 2.91. The van der Waals surface area contributed by atoms with Crippen LogP contribution < -0.4 is 5.32 Å². The molecule has 1 amide bonds. The Morgan fingerprint density at radius 2 is 1.86 bits per heavy atom. The fraction of sp³-hybridized carbons (Fsp3) is 0.412. The number of rotatable bonds is 4. The van der Waals surface area contributed by atoms with Crippen LogP contribution in [-0.4, -0.2) is 22.5 Å². The van der Waals surface area contributed by atoms with Gasteiger partial charge >= 0.3 is 5.97 Å². The van der Waals surface area contributed by atoms with E-state index in [1.54, 1.807) is 6.08 Å². The largest absolute Gasteiger partial charge is 0.480 e. The molecule has 2 rings (SSSR count). The van der Waals surface area contributed by atoms with Crippen LogP contribution in [0.3, 0.4) is 0 Å². The van der Waals surface area contributed by atoms with Crippen LogP contribution in [-0.2, 0) is 9.59 Å². The number of nitrogens with one attached hydrogen (secondary N) is 1. The molecule has 0 saturated heterocycles. The van der Waals surface area contributed by atoms with E-state index in [4.69, 9.17) is 0 Å². The van der Waals surface area contributed by atoms with Gasteiger partial charge in [0.25, 0.3) is 0 Å². The van der Waals surface area contributed by atoms with Gasteiger partial charge in [0.2, 0.25) is 5.91 Å². The highest BCUT2D eigenvalue weighted by atomic mass is 16.4. The minimum absolute atomic E-state index is 0.345. The molecule has 1 aromatic carbocycles. The number of carbonyl (C=O) groups excluding carboxylic acids is 1. The third kappa shape index (κ3) is 3.72. The fourth-order valence-electron chi connectivity index (χ4n) is 2.76. The molecule has 21 heavy (non-hydrogen) atoms. The van der Waals surface area contributed by atoms with Crippen molar-refractivity contribution in [2.24, 2.45) is 0 Å². The van der Waals surface area contributed by atoms with Crippen LogP contribution in [0.5, 0.6) is 0 Å². The molecule has 0 atom stereocenters. The van der Waals surface area contributed by atoms with Gasteiger partial charge in [-0.05, 0) is 37.0 Å². The van der Waals surface area contributed by atoms with Crippen molar-refractivity contribution < 1.29 is 14.7 Å². The quantitative estimate of drug-likeness (QED) is 0.837. The SMILES string of the molecule is Cc1ccccc1/C=C/C(=O)NC1(C(=O)O)CCCCC1. The van der Waals surface area contributed by atoms with E-state index in [2.05, 4.69) is 5.32 Å². The van der Waals surface area contributed by atoms with Crippen molar-refractivity contribution in [3.63, 3.8) is 0 Å². The lowest BCUT2D eigenvalue weighted by molar-refractivity contribution is -0.148. The van der Waals surface area contributed by atoms with Gasteiger partial charge in [-0.2, -0.15) is 0 Å². The van der Waals surface area contributed by atoms with Crippen LogP contribution in [0.25, 0.3) is 6.08 Å². The summed E-state index contributed by atoms with van der Waals surface area (Å²) in [5.41, 5.74) is 0.943. The average Bonchev–Trinajstić information content (AvgIpc) is 2.47. The van der Waals surface area contributed by atoms with Crippen molar-refractivity contribution in [2.75, 3.05) is 0 Å². The van der Waals surface area contributed by atoms with E-state index in [0.29, 0.717) is 12.8 Å². The highest BCUT2D eigenvalue weighted by Crippen LogP contribution is 2.28. The summed E-state index contributed by atoms with van der Waals surface area (Å²) in [7, 11) is 0. The monoisotopic (exact) mass is 287 g/mol. The molecule has 1 aromatic rings. The molecule has 4 heteroatoms. The first-order valence-electron chi connectivity index (χ1n) is 7.33. The first-order valence-corrected chi connectivity index (χ1v) is 7.33. The molecule has 0 heterocycles. The number of hydrogen-bond acceptors (Lipinski definition) is 2. The summed E-state index contributed by atoms with van der Waals surface area (Å²) in [5, 5.41) is 12.1. The standard InChI is InChI=1S/C17H21NO3/c1-13-7-3-4-8-14(13)9-10-15(19)18-17(16(20)21)11-5-2-6-12-17/h3-4,7-10H,2,5-6,11-12H2,1H3,(H,18,19)(H,20,21)/b10-9+. The van der Waals surface area contributed by atoms with E-state index < -0.39 is 11.5 Å². The molecule has 0 spiro atoms. The minimum Gasteiger partial charge on any atom is -0.480 e. The fourth-order valence-corrected chi connectivity index (χ4v) is 2.76. The predicted molar refractivity (Wildman–Crippen MR) is 81.8 cm³/mol. The summed E-state index contributed by atoms with van der Waals surface area (Å²) >= 11 is 0. The Bertz CT molecular complexity index is 557. The molecule has 4 nitrogen and oxygen atoms in total. The Hall–Kier alpha value is -2.10. The van der Waals surface area contributed by atoms with Crippen molar-refractivity contribution in [3.8, 4) is 0 Å². The molecule has 1 aliphatic rings. The summed E-state index contributed by atoms with van der Waals surface area (Å²) in [4.78, 5) is 23.5. The van der Waals surface area contributed by atoms with Gasteiger partial charge < -0.3 is 10.4 Å². The van der Waals surface area contributed by atoms with Gasteiger partial charge in [-0.3, -0.25) is 4.79 Å². The first-order chi connectivity index (χ1) is 10.0. The van der Waals surface area contributed by atoms with E-state index in [9.17, 15) is 14.7 Å². The zero-order valence-corrected chi connectivity index (χ0v) is 12.3. The van der Waals surface area contributed by atoms with Gasteiger partial charge in [0.05, 0.1) is 0 Å². The van der Waals surface area contributed by atoms with Crippen LogP contribution in [0.4, 0.5) is 0 Å². The second-order valence-corrected chi connectivity index (χ2v) is 5.63. The second-order valence-electron chi connectivity index (χ2n) is 5.63. The Balaban J connectivity index is 2.06. The lowest BCUT2D eigenvalue weighted by Gasteiger charge is -2.33. The van der Waals surface area contributed by atoms with Crippen LogP contribution in [0.1, 0.15) is 43.2 Å². The summed E-state index contributed by atoms with van der Waals surface area (Å²) in [6.07, 6.45) is 6.87. The van der Waals surface area contributed by atoms with Crippen LogP contribution in [0, 0.1) is 6.92 Å². The van der Waals surface area contributed by atoms with Gasteiger partial charge in [-0.25, -0.2) is 4.79 Å². The highest BCUT2D eigenvalue weighted by molar-refractivity contribution is 5.96. The summed E-state index contributed by atoms with van der Waals surface area (Å²) in [6.45, 7) is 1.97. The highest BCUT2D eigenvalue weighted by Gasteiger charge is 2.40. The van der Waals surface area contributed by atoms with E-state index in [-0.39, 0.29) is 5.91 Å². The number of benzene rings is 1. The Labute approximate surface area is 124 Å². The normalized spacial score (nSPS) is 17.6. The molecule has 0 aromatic heterocycles. The molecule has 2 N–H and O–H groups in total. The van der Waals surface area contributed by atoms with Crippen molar-refractivity contribution in [2.45, 2.75) is 44.6 Å². The van der Waals surface area contributed by atoms with Gasteiger partial charge in [0.15, 0.2) is 0 Å². The number of aliphatic carboxylic acids is 1. The van der Waals surface area contributed by atoms with Gasteiger partial charge in [0.1, 0.15) is 5.54 Å². The van der Waals surface area contributed by atoms with Crippen molar-refractivity contribution in [1.82, 2.24) is 5.32 Å². The number of aryl methyl sites for hydroxylation is 1. The molecule has 0 aliphatic heterocycles. The molecule has 0 radical (unpaired) electrons. The average molecular weight is 287 g/mol. The molecule has 1 saturated carbocycles. The van der Waals surface area contributed by atoms with E-state index >= 15 is 0 Å². The van der Waals surface area contributed by atoms with Crippen molar-refractivity contribution in [1.29, 1.82) is 0 Å². The van der Waals surface area contributed by atoms with Gasteiger partial charge in [-0.15, -0.1) is 0 Å². The van der Waals surface area contributed by atoms with E-state index in [1.165, 1.54) is 6.08 Å². The zero-order valence-electron chi connectivity index (χ0n) is 12.3. The Kier molecular flexibility index (Phi) is 4.78. The summed E-state index contributed by atoms with van der Waals surface area (Å²) < 4.78 is 0. The lowest BCUT2D eigenvalue weighted by atomic mass is 9.81. The molecule has 0 unspecified atom stereocenters. The first kappa shape index (κ1) is 15.3. The third-order valence-electron chi connectivity index (χ3n) is 4.08. The van der Waals surface area contributed by atoms with Crippen LogP contribution in [0.2, 0.25) is 0 Å². The maximum Gasteiger partial charge on any atom is 0.329 e. The maximum absolute atomic E-state index is 12.0. The topological polar surface area (TPSA) is 66.4 Å². The minimum atomic E-state index is -1.09. The van der Waals surface area contributed by atoms with Crippen LogP contribution in [0.15, 0.2) is 30.3 Å². The van der Waals surface area contributed by atoms with Crippen LogP contribution >= 0.6 is 0 Å². The van der Waals surface area contributed by atoms with Crippen molar-refractivity contribution in [3.05, 3.63) is 41.5 Å². The van der Waals surface area contributed by atoms with Gasteiger partial charge in [-0.1, -0.05) is 43.5 Å². The summed E-state index contributed by atoms with van der Waals surface area (Å²) in [6, 6.07) is 7.74. The van der Waals surface area contributed by atoms with Crippen molar-refractivity contribution >= 4 is 18.0 Å². The van der Waals surface area contributed by atoms with E-state index in [0.717, 1.165) is 30.4 Å². The molecule has 0 bridgehead atoms. The molecular formula is C17H21NO3. The molecule has 1 aliphatic carbocycles. The number of amides is 1. The number of carboxylic acids is 1. The second kappa shape index (κ2) is 6.57.